The summed E-state index contributed by atoms with van der Waals surface area (Å²) in [6, 6.07) is 13.8. The molecule has 7 heteroatoms. The molecule has 2 N–H and O–H groups in total. The van der Waals surface area contributed by atoms with Gasteiger partial charge >= 0.3 is 6.09 Å². The fourth-order valence-corrected chi connectivity index (χ4v) is 5.68. The number of carbonyl (C=O) groups excluding carboxylic acids is 3. The summed E-state index contributed by atoms with van der Waals surface area (Å²) in [4.78, 5) is 43.7. The molecule has 0 aliphatic heterocycles. The topological polar surface area (TPSA) is 87.7 Å². The third kappa shape index (κ3) is 9.07. The van der Waals surface area contributed by atoms with Crippen LogP contribution in [0.4, 0.5) is 4.79 Å². The summed E-state index contributed by atoms with van der Waals surface area (Å²) in [7, 11) is 0. The van der Waals surface area contributed by atoms with E-state index in [0.717, 1.165) is 47.9 Å². The zero-order valence-electron chi connectivity index (χ0n) is 26.2. The van der Waals surface area contributed by atoms with Crippen LogP contribution < -0.4 is 10.6 Å². The Morgan fingerprint density at radius 2 is 1.46 bits per heavy atom. The molecule has 0 bridgehead atoms. The van der Waals surface area contributed by atoms with Crippen molar-refractivity contribution in [3.05, 3.63) is 70.8 Å². The monoisotopic (exact) mass is 563 g/mol. The van der Waals surface area contributed by atoms with Crippen LogP contribution in [0.2, 0.25) is 0 Å². The van der Waals surface area contributed by atoms with E-state index < -0.39 is 29.3 Å². The van der Waals surface area contributed by atoms with Crippen LogP contribution in [0.25, 0.3) is 0 Å². The molecule has 0 spiro atoms. The van der Waals surface area contributed by atoms with Crippen molar-refractivity contribution in [1.82, 2.24) is 15.5 Å². The highest BCUT2D eigenvalue weighted by Crippen LogP contribution is 2.34. The Morgan fingerprint density at radius 1 is 0.878 bits per heavy atom. The van der Waals surface area contributed by atoms with Gasteiger partial charge in [-0.2, -0.15) is 0 Å². The molecule has 7 nitrogen and oxygen atoms in total. The average Bonchev–Trinajstić information content (AvgIpc) is 2.86. The molecule has 0 radical (unpaired) electrons. The number of alkyl carbamates (subject to hydrolysis) is 1. The van der Waals surface area contributed by atoms with Gasteiger partial charge in [0, 0.05) is 18.0 Å². The Labute approximate surface area is 246 Å². The lowest BCUT2D eigenvalue weighted by Crippen LogP contribution is -2.59. The number of aryl methyl sites for hydroxylation is 2. The smallest absolute Gasteiger partial charge is 0.408 e. The predicted octanol–water partition coefficient (Wildman–Crippen LogP) is 6.56. The highest BCUT2D eigenvalue weighted by atomic mass is 16.6. The number of rotatable bonds is 8. The first kappa shape index (κ1) is 32.2. The maximum absolute atomic E-state index is 14.7. The van der Waals surface area contributed by atoms with Crippen LogP contribution in [0.1, 0.15) is 102 Å². The highest BCUT2D eigenvalue weighted by molar-refractivity contribution is 5.93. The molecule has 3 rings (SSSR count). The number of amides is 3. The van der Waals surface area contributed by atoms with Gasteiger partial charge in [0.05, 0.1) is 0 Å². The first-order valence-corrected chi connectivity index (χ1v) is 14.9. The molecule has 224 valence electrons. The molecule has 0 saturated heterocycles. The zero-order chi connectivity index (χ0) is 30.4. The van der Waals surface area contributed by atoms with Crippen molar-refractivity contribution < 1.29 is 19.1 Å². The Morgan fingerprint density at radius 3 is 2.00 bits per heavy atom. The number of nitrogens with zero attached hydrogens (tertiary/aromatic N) is 1. The Bertz CT molecular complexity index is 1170. The molecule has 2 atom stereocenters. The molecule has 3 amide bonds. The quantitative estimate of drug-likeness (QED) is 0.381. The largest absolute Gasteiger partial charge is 0.444 e. The van der Waals surface area contributed by atoms with E-state index in [1.54, 1.807) is 25.7 Å². The van der Waals surface area contributed by atoms with Crippen molar-refractivity contribution in [2.75, 3.05) is 0 Å². The van der Waals surface area contributed by atoms with E-state index in [1.807, 2.05) is 83.1 Å². The fourth-order valence-electron chi connectivity index (χ4n) is 5.68. The van der Waals surface area contributed by atoms with Crippen LogP contribution in [0, 0.1) is 13.8 Å². The van der Waals surface area contributed by atoms with Crippen LogP contribution in [0.5, 0.6) is 0 Å². The van der Waals surface area contributed by atoms with Gasteiger partial charge in [0.1, 0.15) is 17.7 Å². The molecule has 0 heterocycles. The molecule has 0 aromatic heterocycles. The number of carbonyl (C=O) groups is 3. The molecule has 1 aliphatic carbocycles. The standard InChI is InChI=1S/C34H49N3O4/c1-23-16-15-17-24(2)28(23)29(30(38)35-26-20-13-10-14-21-26)37(33(3,4)5)31(39)27(22-25-18-11-9-12-19-25)36-32(40)41-34(6,7)8/h9,11-12,15-19,26-27,29H,10,13-14,20-22H2,1-8H3,(H,35,38)(H,36,40). The van der Waals surface area contributed by atoms with E-state index >= 15 is 0 Å². The summed E-state index contributed by atoms with van der Waals surface area (Å²) in [5.41, 5.74) is 2.12. The molecular weight excluding hydrogens is 514 g/mol. The summed E-state index contributed by atoms with van der Waals surface area (Å²) >= 11 is 0. The van der Waals surface area contributed by atoms with Crippen LogP contribution in [0.3, 0.4) is 0 Å². The third-order valence-corrected chi connectivity index (χ3v) is 7.51. The van der Waals surface area contributed by atoms with Crippen molar-refractivity contribution >= 4 is 17.9 Å². The second kappa shape index (κ2) is 13.5. The van der Waals surface area contributed by atoms with E-state index in [4.69, 9.17) is 4.74 Å². The predicted molar refractivity (Wildman–Crippen MR) is 164 cm³/mol. The molecule has 2 aromatic carbocycles. The molecule has 2 aromatic rings. The molecule has 1 saturated carbocycles. The summed E-state index contributed by atoms with van der Waals surface area (Å²) in [6.45, 7) is 15.1. The van der Waals surface area contributed by atoms with E-state index in [1.165, 1.54) is 6.42 Å². The lowest BCUT2D eigenvalue weighted by molar-refractivity contribution is -0.148. The van der Waals surface area contributed by atoms with E-state index in [0.29, 0.717) is 0 Å². The van der Waals surface area contributed by atoms with Crippen LogP contribution in [-0.4, -0.2) is 46.0 Å². The average molecular weight is 564 g/mol. The molecule has 1 fully saturated rings. The van der Waals surface area contributed by atoms with Gasteiger partial charge in [-0.25, -0.2) is 4.79 Å². The minimum absolute atomic E-state index is 0.0833. The zero-order valence-corrected chi connectivity index (χ0v) is 26.2. The number of benzene rings is 2. The summed E-state index contributed by atoms with van der Waals surface area (Å²) in [5.74, 6) is -0.521. The second-order valence-corrected chi connectivity index (χ2v) is 13.3. The van der Waals surface area contributed by atoms with E-state index in [2.05, 4.69) is 10.6 Å². The van der Waals surface area contributed by atoms with Gasteiger partial charge in [0.15, 0.2) is 0 Å². The Kier molecular flexibility index (Phi) is 10.6. The van der Waals surface area contributed by atoms with Crippen molar-refractivity contribution in [2.24, 2.45) is 0 Å². The minimum atomic E-state index is -0.944. The Balaban J connectivity index is 2.10. The van der Waals surface area contributed by atoms with Gasteiger partial charge in [-0.1, -0.05) is 67.8 Å². The van der Waals surface area contributed by atoms with Gasteiger partial charge in [-0.05, 0) is 90.5 Å². The van der Waals surface area contributed by atoms with Gasteiger partial charge < -0.3 is 20.3 Å². The lowest BCUT2D eigenvalue weighted by atomic mass is 9.89. The molecule has 1 aliphatic rings. The Hall–Kier alpha value is -3.35. The lowest BCUT2D eigenvalue weighted by Gasteiger charge is -2.44. The molecule has 2 unspecified atom stereocenters. The highest BCUT2D eigenvalue weighted by Gasteiger charge is 2.43. The first-order valence-electron chi connectivity index (χ1n) is 14.9. The van der Waals surface area contributed by atoms with Crippen molar-refractivity contribution in [2.45, 2.75) is 123 Å². The number of nitrogens with one attached hydrogen (secondary N) is 2. The van der Waals surface area contributed by atoms with Gasteiger partial charge in [-0.15, -0.1) is 0 Å². The minimum Gasteiger partial charge on any atom is -0.444 e. The maximum atomic E-state index is 14.7. The first-order chi connectivity index (χ1) is 19.2. The van der Waals surface area contributed by atoms with Crippen molar-refractivity contribution in [3.8, 4) is 0 Å². The fraction of sp³-hybridized carbons (Fsp3) is 0.559. The van der Waals surface area contributed by atoms with Gasteiger partial charge in [0.2, 0.25) is 11.8 Å². The van der Waals surface area contributed by atoms with Crippen LogP contribution in [-0.2, 0) is 20.7 Å². The molecule has 41 heavy (non-hydrogen) atoms. The normalized spacial score (nSPS) is 15.9. The number of hydrogen-bond acceptors (Lipinski definition) is 4. The summed E-state index contributed by atoms with van der Waals surface area (Å²) in [6.07, 6.45) is 4.80. The SMILES string of the molecule is Cc1cccc(C)c1C(C(=O)NC1CCCCC1)N(C(=O)C(Cc1ccccc1)NC(=O)OC(C)(C)C)C(C)(C)C. The second-order valence-electron chi connectivity index (χ2n) is 13.3. The maximum Gasteiger partial charge on any atom is 0.408 e. The number of hydrogen-bond donors (Lipinski definition) is 2. The number of ether oxygens (including phenoxy) is 1. The van der Waals surface area contributed by atoms with Crippen molar-refractivity contribution in [3.63, 3.8) is 0 Å². The van der Waals surface area contributed by atoms with E-state index in [9.17, 15) is 14.4 Å². The van der Waals surface area contributed by atoms with Crippen LogP contribution >= 0.6 is 0 Å². The third-order valence-electron chi connectivity index (χ3n) is 7.51. The van der Waals surface area contributed by atoms with Crippen LogP contribution in [0.15, 0.2) is 48.5 Å². The van der Waals surface area contributed by atoms with E-state index in [-0.39, 0.29) is 24.3 Å². The van der Waals surface area contributed by atoms with Crippen molar-refractivity contribution in [1.29, 1.82) is 0 Å². The van der Waals surface area contributed by atoms with Gasteiger partial charge in [-0.3, -0.25) is 9.59 Å². The summed E-state index contributed by atoms with van der Waals surface area (Å²) < 4.78 is 5.55. The summed E-state index contributed by atoms with van der Waals surface area (Å²) in [5, 5.41) is 6.14. The molecular formula is C34H49N3O4. The van der Waals surface area contributed by atoms with Gasteiger partial charge in [0.25, 0.3) is 0 Å².